The van der Waals surface area contributed by atoms with Crippen molar-refractivity contribution in [1.82, 2.24) is 24.8 Å². The second-order valence-corrected chi connectivity index (χ2v) is 9.41. The molecule has 3 heterocycles. The van der Waals surface area contributed by atoms with Gasteiger partial charge in [0.2, 0.25) is 0 Å². The fourth-order valence-corrected chi connectivity index (χ4v) is 5.47. The lowest BCUT2D eigenvalue weighted by Crippen LogP contribution is -2.27. The van der Waals surface area contributed by atoms with E-state index in [1.807, 2.05) is 10.6 Å². The molecule has 6 rings (SSSR count). The molecule has 2 aromatic heterocycles. The van der Waals surface area contributed by atoms with Crippen molar-refractivity contribution >= 4 is 28.7 Å². The zero-order valence-electron chi connectivity index (χ0n) is 18.1. The third-order valence-electron chi connectivity index (χ3n) is 6.94. The van der Waals surface area contributed by atoms with Crippen LogP contribution in [0.4, 0.5) is 9.18 Å². The van der Waals surface area contributed by atoms with Crippen molar-refractivity contribution in [2.75, 3.05) is 0 Å². The van der Waals surface area contributed by atoms with Gasteiger partial charge in [0.1, 0.15) is 11.6 Å². The van der Waals surface area contributed by atoms with E-state index in [0.717, 1.165) is 53.8 Å². The zero-order valence-corrected chi connectivity index (χ0v) is 18.9. The summed E-state index contributed by atoms with van der Waals surface area (Å²) in [7, 11) is 0. The Morgan fingerprint density at radius 1 is 1.06 bits per heavy atom. The Kier molecular flexibility index (Phi) is 5.02. The van der Waals surface area contributed by atoms with Crippen LogP contribution < -0.4 is 0 Å². The van der Waals surface area contributed by atoms with Gasteiger partial charge in [0.25, 0.3) is 0 Å². The van der Waals surface area contributed by atoms with Gasteiger partial charge in [-0.3, -0.25) is 9.47 Å². The zero-order chi connectivity index (χ0) is 23.4. The molecule has 174 valence electrons. The number of hydrogen-bond acceptors (Lipinski definition) is 5. The molecule has 0 radical (unpaired) electrons. The molecule has 1 aliphatic carbocycles. The second-order valence-electron chi connectivity index (χ2n) is 8.98. The minimum atomic E-state index is -1.01. The highest BCUT2D eigenvalue weighted by molar-refractivity contribution is 6.30. The summed E-state index contributed by atoms with van der Waals surface area (Å²) in [6.45, 7) is 0.386. The fourth-order valence-electron chi connectivity index (χ4n) is 5.27. The minimum Gasteiger partial charge on any atom is -0.465 e. The van der Waals surface area contributed by atoms with E-state index < -0.39 is 6.09 Å². The average Bonchev–Trinajstić information content (AvgIpc) is 3.39. The molecule has 34 heavy (non-hydrogen) atoms. The standard InChI is InChI=1S/C24H21ClFN5O3/c25-16-5-7-19-15(9-16)11-30(24(32)33)12-21-27-28-23(31(19)21)14-3-1-13(2-4-14)22-18-10-17(26)6-8-20(18)34-29-22/h5-10,13-14H,1-4,11-12H2,(H,32,33). The van der Waals surface area contributed by atoms with E-state index in [9.17, 15) is 14.3 Å². The highest BCUT2D eigenvalue weighted by Gasteiger charge is 2.33. The van der Waals surface area contributed by atoms with Gasteiger partial charge >= 0.3 is 6.09 Å². The monoisotopic (exact) mass is 481 g/mol. The molecule has 1 N–H and O–H groups in total. The Labute approximate surface area is 198 Å². The van der Waals surface area contributed by atoms with Gasteiger partial charge in [0.15, 0.2) is 11.4 Å². The van der Waals surface area contributed by atoms with E-state index in [2.05, 4.69) is 15.4 Å². The van der Waals surface area contributed by atoms with Gasteiger partial charge in [0, 0.05) is 22.2 Å². The summed E-state index contributed by atoms with van der Waals surface area (Å²) in [5.74, 6) is 1.47. The summed E-state index contributed by atoms with van der Waals surface area (Å²) in [6, 6.07) is 9.99. The van der Waals surface area contributed by atoms with E-state index in [1.54, 1.807) is 18.2 Å². The Morgan fingerprint density at radius 2 is 1.85 bits per heavy atom. The molecular weight excluding hydrogens is 461 g/mol. The SMILES string of the molecule is O=C(O)N1Cc2cc(Cl)ccc2-n2c(nnc2C2CCC(c3noc4ccc(F)cc34)CC2)C1. The molecule has 0 saturated heterocycles. The molecule has 1 saturated carbocycles. The second kappa shape index (κ2) is 8.09. The third kappa shape index (κ3) is 3.51. The predicted molar refractivity (Wildman–Crippen MR) is 122 cm³/mol. The lowest BCUT2D eigenvalue weighted by atomic mass is 9.79. The van der Waals surface area contributed by atoms with Gasteiger partial charge in [-0.05, 0) is 67.6 Å². The summed E-state index contributed by atoms with van der Waals surface area (Å²) in [5, 5.41) is 24.1. The van der Waals surface area contributed by atoms with Crippen molar-refractivity contribution in [1.29, 1.82) is 0 Å². The number of nitrogens with zero attached hydrogens (tertiary/aromatic N) is 5. The molecule has 1 fully saturated rings. The number of rotatable bonds is 2. The first-order valence-electron chi connectivity index (χ1n) is 11.2. The maximum Gasteiger partial charge on any atom is 0.408 e. The van der Waals surface area contributed by atoms with Crippen LogP contribution in [0, 0.1) is 5.82 Å². The van der Waals surface area contributed by atoms with Gasteiger partial charge in [-0.2, -0.15) is 0 Å². The topological polar surface area (TPSA) is 97.3 Å². The Bertz CT molecular complexity index is 1410. The van der Waals surface area contributed by atoms with E-state index in [0.29, 0.717) is 16.4 Å². The summed E-state index contributed by atoms with van der Waals surface area (Å²) in [5.41, 5.74) is 3.09. The number of fused-ring (bicyclic) bond motifs is 4. The molecule has 10 heteroatoms. The average molecular weight is 482 g/mol. The van der Waals surface area contributed by atoms with Crippen molar-refractivity contribution in [3.8, 4) is 5.69 Å². The van der Waals surface area contributed by atoms with Gasteiger partial charge in [0.05, 0.1) is 24.5 Å². The van der Waals surface area contributed by atoms with E-state index in [1.165, 1.54) is 17.0 Å². The quantitative estimate of drug-likeness (QED) is 0.398. The Morgan fingerprint density at radius 3 is 2.65 bits per heavy atom. The van der Waals surface area contributed by atoms with Crippen LogP contribution in [-0.2, 0) is 13.1 Å². The number of amides is 1. The van der Waals surface area contributed by atoms with Crippen LogP contribution in [-0.4, -0.2) is 36.0 Å². The molecule has 0 unspecified atom stereocenters. The first-order chi connectivity index (χ1) is 16.5. The molecule has 8 nitrogen and oxygen atoms in total. The molecule has 0 bridgehead atoms. The number of halogens is 2. The van der Waals surface area contributed by atoms with Crippen molar-refractivity contribution in [3.63, 3.8) is 0 Å². The van der Waals surface area contributed by atoms with E-state index >= 15 is 0 Å². The molecule has 4 aromatic rings. The van der Waals surface area contributed by atoms with E-state index in [4.69, 9.17) is 16.1 Å². The number of hydrogen-bond donors (Lipinski definition) is 1. The number of carbonyl (C=O) groups is 1. The molecule has 2 aromatic carbocycles. The van der Waals surface area contributed by atoms with Crippen LogP contribution >= 0.6 is 11.6 Å². The third-order valence-corrected chi connectivity index (χ3v) is 7.18. The molecule has 1 aliphatic heterocycles. The Balaban J connectivity index is 1.31. The Hall–Kier alpha value is -3.46. The minimum absolute atomic E-state index is 0.153. The van der Waals surface area contributed by atoms with Crippen LogP contribution in [0.5, 0.6) is 0 Å². The lowest BCUT2D eigenvalue weighted by Gasteiger charge is -2.27. The normalized spacial score (nSPS) is 20.1. The summed E-state index contributed by atoms with van der Waals surface area (Å²) < 4.78 is 21.2. The van der Waals surface area contributed by atoms with Crippen LogP contribution in [0.15, 0.2) is 40.9 Å². The molecular formula is C24H21ClFN5O3. The lowest BCUT2D eigenvalue weighted by molar-refractivity contribution is 0.139. The van der Waals surface area contributed by atoms with Gasteiger partial charge < -0.3 is 9.63 Å². The first-order valence-corrected chi connectivity index (χ1v) is 11.6. The van der Waals surface area contributed by atoms with Gasteiger partial charge in [-0.1, -0.05) is 16.8 Å². The molecule has 2 aliphatic rings. The van der Waals surface area contributed by atoms with Crippen molar-refractivity contribution < 1.29 is 18.8 Å². The van der Waals surface area contributed by atoms with Gasteiger partial charge in [-0.25, -0.2) is 9.18 Å². The van der Waals surface area contributed by atoms with Gasteiger partial charge in [-0.15, -0.1) is 10.2 Å². The molecule has 0 atom stereocenters. The summed E-state index contributed by atoms with van der Waals surface area (Å²) in [6.07, 6.45) is 2.43. The molecule has 0 spiro atoms. The highest BCUT2D eigenvalue weighted by atomic mass is 35.5. The summed E-state index contributed by atoms with van der Waals surface area (Å²) >= 11 is 6.22. The van der Waals surface area contributed by atoms with Crippen molar-refractivity contribution in [3.05, 3.63) is 70.1 Å². The van der Waals surface area contributed by atoms with Crippen molar-refractivity contribution in [2.24, 2.45) is 0 Å². The largest absolute Gasteiger partial charge is 0.465 e. The highest BCUT2D eigenvalue weighted by Crippen LogP contribution is 2.42. The fraction of sp³-hybridized carbons (Fsp3) is 0.333. The van der Waals surface area contributed by atoms with Crippen molar-refractivity contribution in [2.45, 2.75) is 50.6 Å². The number of benzene rings is 2. The van der Waals surface area contributed by atoms with Crippen LogP contribution in [0.2, 0.25) is 5.02 Å². The predicted octanol–water partition coefficient (Wildman–Crippen LogP) is 5.64. The van der Waals surface area contributed by atoms with E-state index in [-0.39, 0.29) is 30.7 Å². The maximum atomic E-state index is 13.8. The molecule has 1 amide bonds. The maximum absolute atomic E-state index is 13.8. The number of carboxylic acid groups (broad SMARTS) is 1. The first kappa shape index (κ1) is 21.1. The van der Waals surface area contributed by atoms with Crippen LogP contribution in [0.3, 0.4) is 0 Å². The summed E-state index contributed by atoms with van der Waals surface area (Å²) in [4.78, 5) is 13.1. The number of aromatic nitrogens is 4. The smallest absolute Gasteiger partial charge is 0.408 e. The van der Waals surface area contributed by atoms with Crippen LogP contribution in [0.25, 0.3) is 16.7 Å². The van der Waals surface area contributed by atoms with Crippen LogP contribution in [0.1, 0.15) is 60.4 Å².